The van der Waals surface area contributed by atoms with E-state index in [4.69, 9.17) is 10.5 Å². The van der Waals surface area contributed by atoms with Crippen molar-refractivity contribution in [3.63, 3.8) is 0 Å². The van der Waals surface area contributed by atoms with E-state index < -0.39 is 0 Å². The van der Waals surface area contributed by atoms with Crippen molar-refractivity contribution in [3.8, 4) is 5.75 Å². The molecule has 0 amide bonds. The first kappa shape index (κ1) is 12.2. The topological polar surface area (TPSA) is 35.2 Å². The van der Waals surface area contributed by atoms with Crippen molar-refractivity contribution < 1.29 is 4.74 Å². The van der Waals surface area contributed by atoms with E-state index in [0.717, 1.165) is 5.75 Å². The smallest absolute Gasteiger partial charge is 0.119 e. The van der Waals surface area contributed by atoms with Gasteiger partial charge in [0.1, 0.15) is 5.75 Å². The molecule has 2 N–H and O–H groups in total. The molecule has 1 aliphatic rings. The maximum atomic E-state index is 6.40. The SMILES string of the molecule is COc1cccc(C(N)C2CC2c2ccccc2)c1. The van der Waals surface area contributed by atoms with Gasteiger partial charge < -0.3 is 10.5 Å². The quantitative estimate of drug-likeness (QED) is 0.905. The number of rotatable bonds is 4. The second kappa shape index (κ2) is 5.06. The summed E-state index contributed by atoms with van der Waals surface area (Å²) in [4.78, 5) is 0. The van der Waals surface area contributed by atoms with Gasteiger partial charge in [-0.25, -0.2) is 0 Å². The van der Waals surface area contributed by atoms with Gasteiger partial charge in [0.2, 0.25) is 0 Å². The van der Waals surface area contributed by atoms with Crippen molar-refractivity contribution >= 4 is 0 Å². The van der Waals surface area contributed by atoms with Crippen molar-refractivity contribution in [2.24, 2.45) is 11.7 Å². The summed E-state index contributed by atoms with van der Waals surface area (Å²) >= 11 is 0. The molecule has 0 saturated heterocycles. The van der Waals surface area contributed by atoms with E-state index in [1.54, 1.807) is 7.11 Å². The monoisotopic (exact) mass is 253 g/mol. The average Bonchev–Trinajstić information content (AvgIpc) is 3.28. The highest BCUT2D eigenvalue weighted by Crippen LogP contribution is 2.53. The van der Waals surface area contributed by atoms with Crippen LogP contribution in [0.1, 0.15) is 29.5 Å². The van der Waals surface area contributed by atoms with E-state index in [9.17, 15) is 0 Å². The molecule has 1 fully saturated rings. The normalized spacial score (nSPS) is 22.8. The molecule has 1 saturated carbocycles. The third kappa shape index (κ3) is 2.49. The Morgan fingerprint density at radius 2 is 1.89 bits per heavy atom. The molecule has 0 aromatic heterocycles. The molecule has 0 bridgehead atoms. The molecule has 1 aliphatic carbocycles. The minimum absolute atomic E-state index is 0.0975. The Labute approximate surface area is 114 Å². The highest BCUT2D eigenvalue weighted by molar-refractivity contribution is 5.34. The molecule has 98 valence electrons. The van der Waals surface area contributed by atoms with Crippen LogP contribution in [0.4, 0.5) is 0 Å². The summed E-state index contributed by atoms with van der Waals surface area (Å²) in [6.07, 6.45) is 1.18. The first-order valence-corrected chi connectivity index (χ1v) is 6.74. The largest absolute Gasteiger partial charge is 0.497 e. The summed E-state index contributed by atoms with van der Waals surface area (Å²) in [7, 11) is 1.69. The molecule has 2 aromatic rings. The van der Waals surface area contributed by atoms with Gasteiger partial charge in [-0.05, 0) is 41.5 Å². The van der Waals surface area contributed by atoms with Crippen LogP contribution in [0.15, 0.2) is 54.6 Å². The van der Waals surface area contributed by atoms with Crippen LogP contribution in [0.3, 0.4) is 0 Å². The van der Waals surface area contributed by atoms with Crippen LogP contribution in [0.5, 0.6) is 5.75 Å². The molecule has 3 atom stereocenters. The third-order valence-electron chi connectivity index (χ3n) is 4.01. The fourth-order valence-corrected chi connectivity index (χ4v) is 2.79. The van der Waals surface area contributed by atoms with Gasteiger partial charge in [0, 0.05) is 6.04 Å². The Balaban J connectivity index is 1.74. The molecule has 2 aromatic carbocycles. The number of nitrogens with two attached hydrogens (primary N) is 1. The van der Waals surface area contributed by atoms with E-state index in [0.29, 0.717) is 11.8 Å². The fourth-order valence-electron chi connectivity index (χ4n) is 2.79. The predicted octanol–water partition coefficient (Wildman–Crippen LogP) is 3.50. The third-order valence-corrected chi connectivity index (χ3v) is 4.01. The highest BCUT2D eigenvalue weighted by Gasteiger charge is 2.42. The van der Waals surface area contributed by atoms with Crippen molar-refractivity contribution in [1.82, 2.24) is 0 Å². The molecule has 0 aliphatic heterocycles. The van der Waals surface area contributed by atoms with E-state index >= 15 is 0 Å². The van der Waals surface area contributed by atoms with Gasteiger partial charge in [-0.1, -0.05) is 42.5 Å². The fraction of sp³-hybridized carbons (Fsp3) is 0.294. The zero-order chi connectivity index (χ0) is 13.2. The van der Waals surface area contributed by atoms with Crippen molar-refractivity contribution in [1.29, 1.82) is 0 Å². The zero-order valence-electron chi connectivity index (χ0n) is 11.1. The van der Waals surface area contributed by atoms with Crippen LogP contribution in [-0.2, 0) is 0 Å². The van der Waals surface area contributed by atoms with E-state index in [1.165, 1.54) is 17.5 Å². The van der Waals surface area contributed by atoms with Gasteiger partial charge in [0.15, 0.2) is 0 Å². The summed E-state index contributed by atoms with van der Waals surface area (Å²) in [5.74, 6) is 2.04. The molecule has 0 spiro atoms. The van der Waals surface area contributed by atoms with Gasteiger partial charge in [0.05, 0.1) is 7.11 Å². The summed E-state index contributed by atoms with van der Waals surface area (Å²) < 4.78 is 5.26. The summed E-state index contributed by atoms with van der Waals surface area (Å²) in [6, 6.07) is 18.9. The highest BCUT2D eigenvalue weighted by atomic mass is 16.5. The van der Waals surface area contributed by atoms with Gasteiger partial charge in [-0.15, -0.1) is 0 Å². The Kier molecular flexibility index (Phi) is 3.26. The lowest BCUT2D eigenvalue weighted by Gasteiger charge is -2.13. The lowest BCUT2D eigenvalue weighted by Crippen LogP contribution is -2.13. The molecule has 0 heterocycles. The number of hydrogen-bond acceptors (Lipinski definition) is 2. The van der Waals surface area contributed by atoms with E-state index in [2.05, 4.69) is 36.4 Å². The first-order chi connectivity index (χ1) is 9.29. The number of ether oxygens (including phenoxy) is 1. The maximum absolute atomic E-state index is 6.40. The lowest BCUT2D eigenvalue weighted by molar-refractivity contribution is 0.413. The summed E-state index contributed by atoms with van der Waals surface area (Å²) in [5, 5.41) is 0. The molecule has 2 heteroatoms. The zero-order valence-corrected chi connectivity index (χ0v) is 11.1. The van der Waals surface area contributed by atoms with Crippen molar-refractivity contribution in [3.05, 3.63) is 65.7 Å². The van der Waals surface area contributed by atoms with Crippen molar-refractivity contribution in [2.45, 2.75) is 18.4 Å². The predicted molar refractivity (Wildman–Crippen MR) is 77.2 cm³/mol. The Bertz CT molecular complexity index is 552. The van der Waals surface area contributed by atoms with E-state index in [1.807, 2.05) is 18.2 Å². The standard InChI is InChI=1S/C17H19NO/c1-19-14-9-5-8-13(10-14)17(18)16-11-15(16)12-6-3-2-4-7-12/h2-10,15-17H,11,18H2,1H3. The van der Waals surface area contributed by atoms with Crippen LogP contribution in [-0.4, -0.2) is 7.11 Å². The maximum Gasteiger partial charge on any atom is 0.119 e. The van der Waals surface area contributed by atoms with E-state index in [-0.39, 0.29) is 6.04 Å². The van der Waals surface area contributed by atoms with Gasteiger partial charge in [-0.3, -0.25) is 0 Å². The minimum atomic E-state index is 0.0975. The molecular formula is C17H19NO. The lowest BCUT2D eigenvalue weighted by atomic mass is 9.99. The Hall–Kier alpha value is -1.80. The average molecular weight is 253 g/mol. The van der Waals surface area contributed by atoms with Crippen LogP contribution in [0, 0.1) is 5.92 Å². The molecule has 0 radical (unpaired) electrons. The number of benzene rings is 2. The molecule has 2 nitrogen and oxygen atoms in total. The van der Waals surface area contributed by atoms with Gasteiger partial charge in [0.25, 0.3) is 0 Å². The first-order valence-electron chi connectivity index (χ1n) is 6.74. The summed E-state index contributed by atoms with van der Waals surface area (Å²) in [6.45, 7) is 0. The second-order valence-electron chi connectivity index (χ2n) is 5.22. The molecular weight excluding hydrogens is 234 g/mol. The number of methoxy groups -OCH3 is 1. The van der Waals surface area contributed by atoms with Crippen LogP contribution >= 0.6 is 0 Å². The van der Waals surface area contributed by atoms with Gasteiger partial charge in [-0.2, -0.15) is 0 Å². The van der Waals surface area contributed by atoms with Crippen LogP contribution in [0.25, 0.3) is 0 Å². The van der Waals surface area contributed by atoms with Crippen LogP contribution in [0.2, 0.25) is 0 Å². The Morgan fingerprint density at radius 1 is 1.11 bits per heavy atom. The van der Waals surface area contributed by atoms with Gasteiger partial charge >= 0.3 is 0 Å². The molecule has 19 heavy (non-hydrogen) atoms. The number of hydrogen-bond donors (Lipinski definition) is 1. The van der Waals surface area contributed by atoms with Crippen LogP contribution < -0.4 is 10.5 Å². The molecule has 3 unspecified atom stereocenters. The molecule has 3 rings (SSSR count). The summed E-state index contributed by atoms with van der Waals surface area (Å²) in [5.41, 5.74) is 8.97. The second-order valence-corrected chi connectivity index (χ2v) is 5.22. The Morgan fingerprint density at radius 3 is 2.63 bits per heavy atom. The van der Waals surface area contributed by atoms with Crippen molar-refractivity contribution in [2.75, 3.05) is 7.11 Å². The minimum Gasteiger partial charge on any atom is -0.497 e.